The first-order valence-corrected chi connectivity index (χ1v) is 11.1. The van der Waals surface area contributed by atoms with Crippen molar-refractivity contribution in [1.82, 2.24) is 0 Å². The van der Waals surface area contributed by atoms with Crippen molar-refractivity contribution < 1.29 is 5.11 Å². The molecule has 0 unspecified atom stereocenters. The fourth-order valence-corrected chi connectivity index (χ4v) is 3.39. The summed E-state index contributed by atoms with van der Waals surface area (Å²) in [6.07, 6.45) is 11.6. The van der Waals surface area contributed by atoms with Gasteiger partial charge in [0, 0.05) is 6.61 Å². The summed E-state index contributed by atoms with van der Waals surface area (Å²) in [7, 11) is -1.30. The zero-order chi connectivity index (χ0) is 12.3. The van der Waals surface area contributed by atoms with E-state index in [-0.39, 0.29) is 0 Å². The monoisotopic (exact) mass is 264 g/mol. The highest BCUT2D eigenvalue weighted by Gasteiger charge is 2.15. The van der Waals surface area contributed by atoms with E-state index in [1.807, 2.05) is 0 Å². The molecule has 16 heavy (non-hydrogen) atoms. The number of halogens is 1. The molecule has 1 N–H and O–H groups in total. The molecule has 98 valence electrons. The van der Waals surface area contributed by atoms with Gasteiger partial charge in [-0.3, -0.25) is 0 Å². The van der Waals surface area contributed by atoms with Gasteiger partial charge in [-0.25, -0.2) is 0 Å². The third-order valence-corrected chi connectivity index (χ3v) is 5.04. The first-order chi connectivity index (χ1) is 7.56. The average molecular weight is 265 g/mol. The van der Waals surface area contributed by atoms with E-state index >= 15 is 0 Å². The van der Waals surface area contributed by atoms with Gasteiger partial charge in [0.1, 0.15) is 7.38 Å². The fourth-order valence-electron chi connectivity index (χ4n) is 1.89. The van der Waals surface area contributed by atoms with E-state index in [0.717, 1.165) is 6.42 Å². The number of aliphatic hydroxyl groups excluding tert-OH is 1. The molecule has 0 aromatic rings. The van der Waals surface area contributed by atoms with Gasteiger partial charge in [-0.05, 0) is 12.5 Å². The van der Waals surface area contributed by atoms with Gasteiger partial charge in [0.15, 0.2) is 0 Å². The Kier molecular flexibility index (Phi) is 10.9. The molecule has 0 bridgehead atoms. The minimum atomic E-state index is -1.30. The van der Waals surface area contributed by atoms with E-state index in [1.165, 1.54) is 57.4 Å². The van der Waals surface area contributed by atoms with Crippen molar-refractivity contribution >= 4 is 18.5 Å². The van der Waals surface area contributed by atoms with E-state index in [9.17, 15) is 0 Å². The number of unbranched alkanes of at least 4 members (excludes halogenated alkanes) is 8. The second-order valence-corrected chi connectivity index (χ2v) is 12.4. The Morgan fingerprint density at radius 1 is 0.750 bits per heavy atom. The Bertz CT molecular complexity index is 145. The number of hydrogen-bond donors (Lipinski definition) is 1. The van der Waals surface area contributed by atoms with E-state index < -0.39 is 7.38 Å². The van der Waals surface area contributed by atoms with Gasteiger partial charge < -0.3 is 5.11 Å². The van der Waals surface area contributed by atoms with Gasteiger partial charge in [-0.1, -0.05) is 64.5 Å². The lowest BCUT2D eigenvalue weighted by Crippen LogP contribution is -2.14. The smallest absolute Gasteiger partial charge is 0.150 e. The molecule has 3 heteroatoms. The maximum atomic E-state index is 8.62. The molecule has 0 aliphatic carbocycles. The van der Waals surface area contributed by atoms with Crippen LogP contribution >= 0.6 is 11.1 Å². The highest BCUT2D eigenvalue weighted by molar-refractivity contribution is 7.19. The van der Waals surface area contributed by atoms with Crippen LogP contribution in [-0.4, -0.2) is 19.1 Å². The van der Waals surface area contributed by atoms with Crippen LogP contribution in [0.2, 0.25) is 19.1 Å². The predicted molar refractivity (Wildman–Crippen MR) is 76.8 cm³/mol. The Balaban J connectivity index is 2.99. The Hall–Kier alpha value is 0.467. The van der Waals surface area contributed by atoms with Gasteiger partial charge in [0.2, 0.25) is 0 Å². The lowest BCUT2D eigenvalue weighted by molar-refractivity contribution is 0.282. The van der Waals surface area contributed by atoms with Crippen molar-refractivity contribution in [1.29, 1.82) is 0 Å². The van der Waals surface area contributed by atoms with Gasteiger partial charge in [-0.2, -0.15) is 11.1 Å². The molecular formula is C13H29ClOSi. The minimum Gasteiger partial charge on any atom is -0.396 e. The van der Waals surface area contributed by atoms with Gasteiger partial charge in [-0.15, -0.1) is 0 Å². The van der Waals surface area contributed by atoms with Crippen LogP contribution in [0.3, 0.4) is 0 Å². The topological polar surface area (TPSA) is 20.2 Å². The van der Waals surface area contributed by atoms with Crippen molar-refractivity contribution in [2.45, 2.75) is 76.9 Å². The maximum Gasteiger partial charge on any atom is 0.150 e. The number of aliphatic hydroxyl groups is 1. The Morgan fingerprint density at radius 3 is 1.50 bits per heavy atom. The van der Waals surface area contributed by atoms with Crippen LogP contribution < -0.4 is 0 Å². The summed E-state index contributed by atoms with van der Waals surface area (Å²) in [6, 6.07) is 1.27. The molecule has 0 aliphatic rings. The summed E-state index contributed by atoms with van der Waals surface area (Å²) in [5.74, 6) is 0. The summed E-state index contributed by atoms with van der Waals surface area (Å²) < 4.78 is 0. The lowest BCUT2D eigenvalue weighted by Gasteiger charge is -2.11. The molecule has 0 heterocycles. The van der Waals surface area contributed by atoms with Crippen molar-refractivity contribution in [3.05, 3.63) is 0 Å². The predicted octanol–water partition coefficient (Wildman–Crippen LogP) is 4.93. The zero-order valence-electron chi connectivity index (χ0n) is 11.1. The van der Waals surface area contributed by atoms with E-state index in [4.69, 9.17) is 16.2 Å². The molecule has 0 saturated carbocycles. The summed E-state index contributed by atoms with van der Waals surface area (Å²) in [4.78, 5) is 0. The molecule has 0 radical (unpaired) electrons. The first-order valence-electron chi connectivity index (χ1n) is 6.86. The maximum absolute atomic E-state index is 8.62. The summed E-state index contributed by atoms with van der Waals surface area (Å²) >= 11 is 6.26. The normalized spacial score (nSPS) is 12.0. The zero-order valence-corrected chi connectivity index (χ0v) is 12.9. The third-order valence-electron chi connectivity index (χ3n) is 2.93. The second kappa shape index (κ2) is 10.6. The molecule has 0 aromatic carbocycles. The average Bonchev–Trinajstić information content (AvgIpc) is 2.19. The van der Waals surface area contributed by atoms with Crippen LogP contribution in [0.15, 0.2) is 0 Å². The van der Waals surface area contributed by atoms with Crippen LogP contribution in [0.25, 0.3) is 0 Å². The molecule has 0 spiro atoms. The molecule has 0 aromatic heterocycles. The summed E-state index contributed by atoms with van der Waals surface area (Å²) in [6.45, 7) is 4.82. The van der Waals surface area contributed by atoms with E-state index in [2.05, 4.69) is 13.1 Å². The summed E-state index contributed by atoms with van der Waals surface area (Å²) in [5, 5.41) is 8.62. The molecule has 0 fully saturated rings. The van der Waals surface area contributed by atoms with E-state index in [0.29, 0.717) is 6.61 Å². The van der Waals surface area contributed by atoms with E-state index in [1.54, 1.807) is 0 Å². The van der Waals surface area contributed by atoms with Crippen LogP contribution in [-0.2, 0) is 0 Å². The fraction of sp³-hybridized carbons (Fsp3) is 1.00. The highest BCUT2D eigenvalue weighted by atomic mass is 35.6. The Labute approximate surface area is 107 Å². The van der Waals surface area contributed by atoms with Gasteiger partial charge in [0.25, 0.3) is 0 Å². The van der Waals surface area contributed by atoms with Crippen molar-refractivity contribution in [3.63, 3.8) is 0 Å². The second-order valence-electron chi connectivity index (χ2n) is 5.37. The first kappa shape index (κ1) is 16.5. The number of rotatable bonds is 11. The molecule has 0 saturated heterocycles. The van der Waals surface area contributed by atoms with Crippen LogP contribution in [0, 0.1) is 0 Å². The quantitative estimate of drug-likeness (QED) is 0.319. The van der Waals surface area contributed by atoms with Crippen molar-refractivity contribution in [3.8, 4) is 0 Å². The van der Waals surface area contributed by atoms with Crippen molar-refractivity contribution in [2.24, 2.45) is 0 Å². The SMILES string of the molecule is C[Si](C)(Cl)CCCCCCCCCCCO. The third kappa shape index (κ3) is 14.5. The minimum absolute atomic E-state index is 0.359. The van der Waals surface area contributed by atoms with Gasteiger partial charge >= 0.3 is 0 Å². The number of hydrogen-bond acceptors (Lipinski definition) is 1. The largest absolute Gasteiger partial charge is 0.396 e. The van der Waals surface area contributed by atoms with Crippen LogP contribution in [0.1, 0.15) is 57.8 Å². The molecule has 1 nitrogen and oxygen atoms in total. The van der Waals surface area contributed by atoms with Crippen molar-refractivity contribution in [2.75, 3.05) is 6.61 Å². The van der Waals surface area contributed by atoms with Gasteiger partial charge in [0.05, 0.1) is 0 Å². The Morgan fingerprint density at radius 2 is 1.12 bits per heavy atom. The summed E-state index contributed by atoms with van der Waals surface area (Å²) in [5.41, 5.74) is 0. The van der Waals surface area contributed by atoms with Crippen LogP contribution in [0.5, 0.6) is 0 Å². The van der Waals surface area contributed by atoms with Crippen LogP contribution in [0.4, 0.5) is 0 Å². The lowest BCUT2D eigenvalue weighted by atomic mass is 10.1. The standard InChI is InChI=1S/C13H29ClOSi/c1-16(2,14)13-11-9-7-5-3-4-6-8-10-12-15/h15H,3-13H2,1-2H3. The molecule has 0 amide bonds. The molecule has 0 atom stereocenters. The molecular weight excluding hydrogens is 236 g/mol. The highest BCUT2D eigenvalue weighted by Crippen LogP contribution is 2.19. The molecule has 0 aliphatic heterocycles. The molecule has 0 rings (SSSR count).